The Hall–Kier alpha value is -0.620. The van der Waals surface area contributed by atoms with Gasteiger partial charge in [0.1, 0.15) is 11.6 Å². The van der Waals surface area contributed by atoms with E-state index in [0.717, 1.165) is 24.7 Å². The predicted molar refractivity (Wildman–Crippen MR) is 72.1 cm³/mol. The van der Waals surface area contributed by atoms with Crippen LogP contribution in [0.2, 0.25) is 0 Å². The molecule has 0 unspecified atom stereocenters. The van der Waals surface area contributed by atoms with Crippen LogP contribution in [0.25, 0.3) is 0 Å². The van der Waals surface area contributed by atoms with Gasteiger partial charge in [0, 0.05) is 18.8 Å². The zero-order chi connectivity index (χ0) is 10.7. The molecule has 1 aromatic rings. The first kappa shape index (κ1) is 16.4. The van der Waals surface area contributed by atoms with Crippen LogP contribution in [0.5, 0.6) is 0 Å². The van der Waals surface area contributed by atoms with Crippen molar-refractivity contribution in [2.45, 2.75) is 25.4 Å². The molecule has 5 nitrogen and oxygen atoms in total. The summed E-state index contributed by atoms with van der Waals surface area (Å²) in [7, 11) is 0. The highest BCUT2D eigenvalue weighted by Gasteiger charge is 2.22. The van der Waals surface area contributed by atoms with Crippen LogP contribution in [0.15, 0.2) is 12.3 Å². The van der Waals surface area contributed by atoms with E-state index in [0.29, 0.717) is 6.61 Å². The van der Waals surface area contributed by atoms with Gasteiger partial charge in [-0.25, -0.2) is 9.97 Å². The summed E-state index contributed by atoms with van der Waals surface area (Å²) >= 11 is 0. The Morgan fingerprint density at radius 3 is 2.88 bits per heavy atom. The largest absolute Gasteiger partial charge is 0.379 e. The van der Waals surface area contributed by atoms with Crippen molar-refractivity contribution in [3.63, 3.8) is 0 Å². The van der Waals surface area contributed by atoms with Crippen LogP contribution in [0.3, 0.4) is 0 Å². The third-order valence-electron chi connectivity index (χ3n) is 2.52. The van der Waals surface area contributed by atoms with E-state index in [1.54, 1.807) is 6.20 Å². The van der Waals surface area contributed by atoms with Crippen LogP contribution < -0.4 is 11.1 Å². The summed E-state index contributed by atoms with van der Waals surface area (Å²) in [6, 6.07) is 2.12. The second kappa shape index (κ2) is 7.66. The van der Waals surface area contributed by atoms with Crippen LogP contribution in [0.1, 0.15) is 12.2 Å². The summed E-state index contributed by atoms with van der Waals surface area (Å²) in [5.41, 5.74) is 5.98. The van der Waals surface area contributed by atoms with E-state index >= 15 is 0 Å². The summed E-state index contributed by atoms with van der Waals surface area (Å²) in [5.74, 6) is 1.57. The van der Waals surface area contributed by atoms with E-state index in [1.807, 2.05) is 13.0 Å². The van der Waals surface area contributed by atoms with E-state index in [4.69, 9.17) is 10.5 Å². The Morgan fingerprint density at radius 2 is 2.24 bits per heavy atom. The molecule has 0 radical (unpaired) electrons. The van der Waals surface area contributed by atoms with Crippen molar-refractivity contribution in [2.24, 2.45) is 5.73 Å². The quantitative estimate of drug-likeness (QED) is 0.851. The average molecular weight is 281 g/mol. The van der Waals surface area contributed by atoms with Crippen LogP contribution in [0, 0.1) is 6.92 Å². The van der Waals surface area contributed by atoms with Crippen molar-refractivity contribution in [3.05, 3.63) is 18.1 Å². The Kier molecular flexibility index (Phi) is 7.38. The van der Waals surface area contributed by atoms with Crippen molar-refractivity contribution < 1.29 is 4.74 Å². The lowest BCUT2D eigenvalue weighted by molar-refractivity contribution is 0.0767. The highest BCUT2D eigenvalue weighted by atomic mass is 35.5. The third-order valence-corrected chi connectivity index (χ3v) is 2.52. The van der Waals surface area contributed by atoms with Gasteiger partial charge < -0.3 is 15.8 Å². The minimum Gasteiger partial charge on any atom is -0.379 e. The molecule has 98 valence electrons. The monoisotopic (exact) mass is 280 g/mol. The fraction of sp³-hybridized carbons (Fsp3) is 0.600. The zero-order valence-electron chi connectivity index (χ0n) is 9.63. The second-order valence-corrected chi connectivity index (χ2v) is 3.77. The molecule has 17 heavy (non-hydrogen) atoms. The minimum absolute atomic E-state index is 0. The predicted octanol–water partition coefficient (Wildman–Crippen LogP) is 1.16. The number of rotatable bonds is 2. The lowest BCUT2D eigenvalue weighted by Gasteiger charge is -2.29. The summed E-state index contributed by atoms with van der Waals surface area (Å²) in [6.07, 6.45) is 2.63. The number of nitrogens with one attached hydrogen (secondary N) is 1. The van der Waals surface area contributed by atoms with E-state index in [2.05, 4.69) is 15.3 Å². The lowest BCUT2D eigenvalue weighted by Crippen LogP contribution is -2.47. The summed E-state index contributed by atoms with van der Waals surface area (Å²) in [6.45, 7) is 3.26. The molecule has 1 saturated heterocycles. The maximum atomic E-state index is 5.98. The highest BCUT2D eigenvalue weighted by molar-refractivity contribution is 5.85. The van der Waals surface area contributed by atoms with Gasteiger partial charge in [-0.1, -0.05) is 0 Å². The van der Waals surface area contributed by atoms with Gasteiger partial charge in [0.05, 0.1) is 12.6 Å². The standard InChI is InChI=1S/C10H16N4O.2ClH/c1-7-12-4-2-10(13-7)14-9-6-15-5-3-8(9)11;;/h2,4,8-9H,3,5-6,11H2,1H3,(H,12,13,14);2*1H/t8-,9+;;/m1../s1. The van der Waals surface area contributed by atoms with E-state index in [9.17, 15) is 0 Å². The molecular weight excluding hydrogens is 263 g/mol. The van der Waals surface area contributed by atoms with Gasteiger partial charge in [0.2, 0.25) is 0 Å². The Bertz CT molecular complexity index is 340. The van der Waals surface area contributed by atoms with Crippen molar-refractivity contribution in [1.29, 1.82) is 0 Å². The Balaban J connectivity index is 0.00000128. The molecule has 0 bridgehead atoms. The number of hydrogen-bond acceptors (Lipinski definition) is 5. The molecule has 1 aliphatic rings. The highest BCUT2D eigenvalue weighted by Crippen LogP contribution is 2.11. The number of aromatic nitrogens is 2. The normalized spacial score (nSPS) is 23.2. The van der Waals surface area contributed by atoms with Gasteiger partial charge in [-0.2, -0.15) is 0 Å². The van der Waals surface area contributed by atoms with E-state index in [-0.39, 0.29) is 36.9 Å². The molecule has 2 rings (SSSR count). The Morgan fingerprint density at radius 1 is 1.47 bits per heavy atom. The molecule has 1 fully saturated rings. The molecular formula is C10H18Cl2N4O. The molecule has 2 atom stereocenters. The van der Waals surface area contributed by atoms with Gasteiger partial charge in [0.25, 0.3) is 0 Å². The smallest absolute Gasteiger partial charge is 0.129 e. The first-order valence-electron chi connectivity index (χ1n) is 5.15. The van der Waals surface area contributed by atoms with Crippen molar-refractivity contribution in [2.75, 3.05) is 18.5 Å². The molecule has 0 amide bonds. The van der Waals surface area contributed by atoms with Crippen molar-refractivity contribution in [1.82, 2.24) is 9.97 Å². The minimum atomic E-state index is 0. The van der Waals surface area contributed by atoms with Gasteiger partial charge >= 0.3 is 0 Å². The molecule has 0 saturated carbocycles. The van der Waals surface area contributed by atoms with Crippen LogP contribution in [-0.2, 0) is 4.74 Å². The third kappa shape index (κ3) is 4.63. The number of anilines is 1. The van der Waals surface area contributed by atoms with Gasteiger partial charge in [-0.05, 0) is 19.4 Å². The summed E-state index contributed by atoms with van der Waals surface area (Å²) < 4.78 is 5.37. The fourth-order valence-electron chi connectivity index (χ4n) is 1.63. The number of nitrogens with zero attached hydrogens (tertiary/aromatic N) is 2. The molecule has 0 spiro atoms. The Labute approximate surface area is 113 Å². The first-order chi connectivity index (χ1) is 7.25. The van der Waals surface area contributed by atoms with Gasteiger partial charge in [-0.3, -0.25) is 0 Å². The SMILES string of the molecule is Cc1nccc(N[C@H]2COCC[C@H]2N)n1.Cl.Cl. The van der Waals surface area contributed by atoms with Crippen molar-refractivity contribution >= 4 is 30.6 Å². The fourth-order valence-corrected chi connectivity index (χ4v) is 1.63. The molecule has 2 heterocycles. The maximum absolute atomic E-state index is 5.98. The summed E-state index contributed by atoms with van der Waals surface area (Å²) in [4.78, 5) is 8.31. The maximum Gasteiger partial charge on any atom is 0.129 e. The topological polar surface area (TPSA) is 73.1 Å². The number of aryl methyl sites for hydroxylation is 1. The van der Waals surface area contributed by atoms with Crippen LogP contribution in [-0.4, -0.2) is 35.3 Å². The molecule has 0 aliphatic carbocycles. The van der Waals surface area contributed by atoms with Crippen LogP contribution >= 0.6 is 24.8 Å². The van der Waals surface area contributed by atoms with Gasteiger partial charge in [-0.15, -0.1) is 24.8 Å². The van der Waals surface area contributed by atoms with Crippen molar-refractivity contribution in [3.8, 4) is 0 Å². The first-order valence-corrected chi connectivity index (χ1v) is 5.15. The summed E-state index contributed by atoms with van der Waals surface area (Å²) in [5, 5.41) is 3.27. The van der Waals surface area contributed by atoms with Gasteiger partial charge in [0.15, 0.2) is 0 Å². The molecule has 1 aliphatic heterocycles. The number of halogens is 2. The number of nitrogens with two attached hydrogens (primary N) is 1. The zero-order valence-corrected chi connectivity index (χ0v) is 11.3. The van der Waals surface area contributed by atoms with Crippen LogP contribution in [0.4, 0.5) is 5.82 Å². The average Bonchev–Trinajstić information content (AvgIpc) is 2.22. The van der Waals surface area contributed by atoms with E-state index in [1.165, 1.54) is 0 Å². The molecule has 0 aromatic carbocycles. The number of ether oxygens (including phenoxy) is 1. The molecule has 3 N–H and O–H groups in total. The number of hydrogen-bond donors (Lipinski definition) is 2. The second-order valence-electron chi connectivity index (χ2n) is 3.77. The lowest BCUT2D eigenvalue weighted by atomic mass is 10.1. The molecule has 7 heteroatoms. The molecule has 1 aromatic heterocycles. The van der Waals surface area contributed by atoms with E-state index < -0.39 is 0 Å².